The molecule has 1 aliphatic carbocycles. The van der Waals surface area contributed by atoms with Crippen LogP contribution in [0.4, 0.5) is 0 Å². The van der Waals surface area contributed by atoms with Gasteiger partial charge in [-0.25, -0.2) is 4.98 Å². The Morgan fingerprint density at radius 1 is 1.39 bits per heavy atom. The first-order valence-electron chi connectivity index (χ1n) is 6.51. The van der Waals surface area contributed by atoms with Crippen molar-refractivity contribution in [1.82, 2.24) is 14.7 Å². The molecule has 1 N–H and O–H groups in total. The standard InChI is InChI=1S/C14H17N3O/c18-14-9-12(10-15-7-6-11-4-5-11)16-13-3-1-2-8-17(13)14/h1-3,8-9,11,15H,4-7,10H2. The molecule has 2 heterocycles. The second kappa shape index (κ2) is 4.90. The van der Waals surface area contributed by atoms with Crippen molar-refractivity contribution in [2.75, 3.05) is 6.54 Å². The predicted molar refractivity (Wildman–Crippen MR) is 70.5 cm³/mol. The van der Waals surface area contributed by atoms with Crippen LogP contribution >= 0.6 is 0 Å². The summed E-state index contributed by atoms with van der Waals surface area (Å²) in [6, 6.07) is 7.20. The lowest BCUT2D eigenvalue weighted by Gasteiger charge is -2.05. The number of nitrogens with zero attached hydrogens (tertiary/aromatic N) is 2. The van der Waals surface area contributed by atoms with Crippen molar-refractivity contribution >= 4 is 5.65 Å². The van der Waals surface area contributed by atoms with Crippen molar-refractivity contribution in [3.63, 3.8) is 0 Å². The van der Waals surface area contributed by atoms with Crippen LogP contribution in [-0.2, 0) is 6.54 Å². The summed E-state index contributed by atoms with van der Waals surface area (Å²) in [4.78, 5) is 16.3. The number of aromatic nitrogens is 2. The Labute approximate surface area is 106 Å². The lowest BCUT2D eigenvalue weighted by atomic mass is 10.3. The second-order valence-electron chi connectivity index (χ2n) is 4.92. The van der Waals surface area contributed by atoms with Crippen LogP contribution in [-0.4, -0.2) is 15.9 Å². The van der Waals surface area contributed by atoms with Crippen molar-refractivity contribution < 1.29 is 0 Å². The van der Waals surface area contributed by atoms with Gasteiger partial charge < -0.3 is 5.32 Å². The molecule has 0 unspecified atom stereocenters. The number of hydrogen-bond acceptors (Lipinski definition) is 3. The molecule has 1 fully saturated rings. The van der Waals surface area contributed by atoms with Gasteiger partial charge in [-0.3, -0.25) is 9.20 Å². The van der Waals surface area contributed by atoms with E-state index in [-0.39, 0.29) is 5.56 Å². The highest BCUT2D eigenvalue weighted by atomic mass is 16.1. The van der Waals surface area contributed by atoms with E-state index in [9.17, 15) is 4.79 Å². The van der Waals surface area contributed by atoms with Gasteiger partial charge in [-0.15, -0.1) is 0 Å². The highest BCUT2D eigenvalue weighted by Crippen LogP contribution is 2.31. The molecule has 4 heteroatoms. The monoisotopic (exact) mass is 243 g/mol. The minimum Gasteiger partial charge on any atom is -0.311 e. The van der Waals surface area contributed by atoms with E-state index >= 15 is 0 Å². The normalized spacial score (nSPS) is 15.1. The summed E-state index contributed by atoms with van der Waals surface area (Å²) in [6.07, 6.45) is 5.76. The van der Waals surface area contributed by atoms with E-state index in [4.69, 9.17) is 0 Å². The Kier molecular flexibility index (Phi) is 3.11. The van der Waals surface area contributed by atoms with Crippen molar-refractivity contribution in [3.8, 4) is 0 Å². The maximum atomic E-state index is 11.8. The van der Waals surface area contributed by atoms with E-state index in [2.05, 4.69) is 10.3 Å². The van der Waals surface area contributed by atoms with Gasteiger partial charge in [0.2, 0.25) is 0 Å². The first-order valence-corrected chi connectivity index (χ1v) is 6.51. The zero-order valence-electron chi connectivity index (χ0n) is 10.3. The Hall–Kier alpha value is -1.68. The first kappa shape index (κ1) is 11.4. The molecule has 2 aromatic rings. The minimum atomic E-state index is -0.0143. The van der Waals surface area contributed by atoms with Crippen LogP contribution in [0.2, 0.25) is 0 Å². The quantitative estimate of drug-likeness (QED) is 0.811. The van der Waals surface area contributed by atoms with Gasteiger partial charge in [0.25, 0.3) is 5.56 Å². The van der Waals surface area contributed by atoms with E-state index in [1.165, 1.54) is 19.3 Å². The molecule has 1 aliphatic rings. The molecule has 0 aromatic carbocycles. The van der Waals surface area contributed by atoms with Gasteiger partial charge in [-0.1, -0.05) is 18.9 Å². The molecule has 94 valence electrons. The molecule has 0 aliphatic heterocycles. The third kappa shape index (κ3) is 2.59. The fraction of sp³-hybridized carbons (Fsp3) is 0.429. The van der Waals surface area contributed by atoms with Crippen molar-refractivity contribution in [2.24, 2.45) is 5.92 Å². The van der Waals surface area contributed by atoms with E-state index < -0.39 is 0 Å². The Bertz CT molecular complexity index is 601. The summed E-state index contributed by atoms with van der Waals surface area (Å²) in [5.41, 5.74) is 1.52. The van der Waals surface area contributed by atoms with E-state index in [0.29, 0.717) is 12.2 Å². The van der Waals surface area contributed by atoms with Crippen LogP contribution in [0, 0.1) is 5.92 Å². The lowest BCUT2D eigenvalue weighted by molar-refractivity contribution is 0.606. The van der Waals surface area contributed by atoms with Crippen LogP contribution in [0.15, 0.2) is 35.3 Å². The summed E-state index contributed by atoms with van der Waals surface area (Å²) in [6.45, 7) is 1.69. The molecule has 0 amide bonds. The lowest BCUT2D eigenvalue weighted by Crippen LogP contribution is -2.20. The van der Waals surface area contributed by atoms with E-state index in [1.54, 1.807) is 16.7 Å². The molecule has 4 nitrogen and oxygen atoms in total. The molecule has 0 atom stereocenters. The highest BCUT2D eigenvalue weighted by molar-refractivity contribution is 5.37. The molecule has 0 radical (unpaired) electrons. The van der Waals surface area contributed by atoms with Crippen LogP contribution < -0.4 is 10.9 Å². The average molecular weight is 243 g/mol. The third-order valence-electron chi connectivity index (χ3n) is 3.36. The molecule has 0 bridgehead atoms. The number of hydrogen-bond donors (Lipinski definition) is 1. The fourth-order valence-corrected chi connectivity index (χ4v) is 2.12. The van der Waals surface area contributed by atoms with Crippen LogP contribution in [0.1, 0.15) is 25.0 Å². The van der Waals surface area contributed by atoms with Crippen molar-refractivity contribution in [1.29, 1.82) is 0 Å². The van der Waals surface area contributed by atoms with Crippen molar-refractivity contribution in [3.05, 3.63) is 46.5 Å². The molecule has 0 saturated heterocycles. The number of pyridine rings is 1. The first-order chi connectivity index (χ1) is 8.83. The summed E-state index contributed by atoms with van der Waals surface area (Å²) in [7, 11) is 0. The topological polar surface area (TPSA) is 46.4 Å². The maximum Gasteiger partial charge on any atom is 0.258 e. The molecule has 2 aromatic heterocycles. The summed E-state index contributed by atoms with van der Waals surface area (Å²) < 4.78 is 1.56. The van der Waals surface area contributed by atoms with Gasteiger partial charge in [0, 0.05) is 18.8 Å². The third-order valence-corrected chi connectivity index (χ3v) is 3.36. The molecule has 18 heavy (non-hydrogen) atoms. The number of rotatable bonds is 5. The Balaban J connectivity index is 1.69. The van der Waals surface area contributed by atoms with Crippen LogP contribution in [0.25, 0.3) is 5.65 Å². The summed E-state index contributed by atoms with van der Waals surface area (Å²) in [5, 5.41) is 3.35. The van der Waals surface area contributed by atoms with Gasteiger partial charge >= 0.3 is 0 Å². The number of nitrogens with one attached hydrogen (secondary N) is 1. The Morgan fingerprint density at radius 3 is 3.11 bits per heavy atom. The van der Waals surface area contributed by atoms with E-state index in [0.717, 1.165) is 18.2 Å². The predicted octanol–water partition coefficient (Wildman–Crippen LogP) is 1.58. The van der Waals surface area contributed by atoms with Gasteiger partial charge in [0.15, 0.2) is 0 Å². The Morgan fingerprint density at radius 2 is 2.28 bits per heavy atom. The summed E-state index contributed by atoms with van der Waals surface area (Å²) >= 11 is 0. The maximum absolute atomic E-state index is 11.8. The van der Waals surface area contributed by atoms with Crippen LogP contribution in [0.3, 0.4) is 0 Å². The molecule has 1 saturated carbocycles. The summed E-state index contributed by atoms with van der Waals surface area (Å²) in [5.74, 6) is 0.938. The number of fused-ring (bicyclic) bond motifs is 1. The van der Waals surface area contributed by atoms with Crippen molar-refractivity contribution in [2.45, 2.75) is 25.8 Å². The minimum absolute atomic E-state index is 0.0143. The van der Waals surface area contributed by atoms with Gasteiger partial charge in [0.1, 0.15) is 5.65 Å². The fourth-order valence-electron chi connectivity index (χ4n) is 2.12. The zero-order valence-corrected chi connectivity index (χ0v) is 10.3. The smallest absolute Gasteiger partial charge is 0.258 e. The highest BCUT2D eigenvalue weighted by Gasteiger charge is 2.19. The van der Waals surface area contributed by atoms with Crippen LogP contribution in [0.5, 0.6) is 0 Å². The van der Waals surface area contributed by atoms with Gasteiger partial charge in [-0.2, -0.15) is 0 Å². The second-order valence-corrected chi connectivity index (χ2v) is 4.92. The van der Waals surface area contributed by atoms with Gasteiger partial charge in [-0.05, 0) is 31.0 Å². The van der Waals surface area contributed by atoms with Gasteiger partial charge in [0.05, 0.1) is 5.69 Å². The average Bonchev–Trinajstić information content (AvgIpc) is 3.19. The molecular weight excluding hydrogens is 226 g/mol. The van der Waals surface area contributed by atoms with E-state index in [1.807, 2.05) is 18.2 Å². The zero-order chi connectivity index (χ0) is 12.4. The molecular formula is C14H17N3O. The largest absolute Gasteiger partial charge is 0.311 e. The molecule has 3 rings (SSSR count). The SMILES string of the molecule is O=c1cc(CNCCC2CC2)nc2ccccn12. The molecule has 0 spiro atoms.